The summed E-state index contributed by atoms with van der Waals surface area (Å²) in [6.45, 7) is 8.63. The van der Waals surface area contributed by atoms with Gasteiger partial charge in [-0.25, -0.2) is 41.8 Å². The number of hydrogen-bond acceptors (Lipinski definition) is 31. The second-order valence-corrected chi connectivity index (χ2v) is 41.4. The fraction of sp³-hybridized carbons (Fsp3) is 0.486. The number of phosphoric ester groups is 3. The number of esters is 1. The lowest BCUT2D eigenvalue weighted by Gasteiger charge is -2.25. The molecule has 0 bridgehead atoms. The molecule has 4 aliphatic rings. The molecule has 11 unspecified atom stereocenters. The number of unbranched alkanes of at least 4 members (excludes halogenated alkanes) is 4. The summed E-state index contributed by atoms with van der Waals surface area (Å²) < 4.78 is 157. The summed E-state index contributed by atoms with van der Waals surface area (Å²) in [6.07, 6.45) is 4.56. The number of phosphoric acid groups is 5. The van der Waals surface area contributed by atoms with Gasteiger partial charge in [-0.15, -0.1) is 0 Å². The van der Waals surface area contributed by atoms with Crippen LogP contribution in [0.3, 0.4) is 0 Å². The molecule has 2 saturated heterocycles. The van der Waals surface area contributed by atoms with Gasteiger partial charge in [0.05, 0.1) is 51.5 Å². The maximum atomic E-state index is 13.9. The van der Waals surface area contributed by atoms with Gasteiger partial charge >= 0.3 is 50.8 Å². The largest absolute Gasteiger partial charge is 0.490 e. The van der Waals surface area contributed by atoms with E-state index >= 15 is 0 Å². The van der Waals surface area contributed by atoms with E-state index in [1.807, 2.05) is 71.1 Å². The molecule has 54 heteroatoms. The Kier molecular flexibility index (Phi) is 35.6. The minimum atomic E-state index is -5.89. The number of carbonyl (C=O) groups is 4. The third-order valence-electron chi connectivity index (χ3n) is 19.9. The maximum Gasteiger partial charge on any atom is 0.490 e. The van der Waals surface area contributed by atoms with E-state index in [0.717, 1.165) is 45.4 Å². The number of nitrogens with zero attached hydrogens (tertiary/aromatic N) is 7. The lowest BCUT2D eigenvalue weighted by atomic mass is 9.81. The van der Waals surface area contributed by atoms with E-state index in [-0.39, 0.29) is 82.7 Å². The van der Waals surface area contributed by atoms with Gasteiger partial charge in [0.2, 0.25) is 23.4 Å². The molecule has 126 heavy (non-hydrogen) atoms. The molecule has 3 aromatic heterocycles. The molecule has 5 aromatic rings. The Morgan fingerprint density at radius 2 is 1.45 bits per heavy atom. The number of nitrogen functional groups attached to an aromatic ring is 2. The normalized spacial score (nSPS) is 21.0. The summed E-state index contributed by atoms with van der Waals surface area (Å²) in [5.41, 5.74) is 15.0. The summed E-state index contributed by atoms with van der Waals surface area (Å²) in [6, 6.07) is 8.63. The zero-order chi connectivity index (χ0) is 92.7. The van der Waals surface area contributed by atoms with Gasteiger partial charge in [-0.3, -0.25) is 41.9 Å². The molecule has 11 atom stereocenters. The zero-order valence-corrected chi connectivity index (χ0v) is 75.7. The van der Waals surface area contributed by atoms with E-state index in [2.05, 4.69) is 81.7 Å². The number of carbonyl (C=O) groups excluding carboxylic acids is 4. The summed E-state index contributed by atoms with van der Waals surface area (Å²) in [5, 5.41) is 30.3. The average Bonchev–Trinajstić information content (AvgIpc) is 1.62. The van der Waals surface area contributed by atoms with Crippen molar-refractivity contribution in [3.63, 3.8) is 0 Å². The van der Waals surface area contributed by atoms with Crippen LogP contribution in [0.15, 0.2) is 106 Å². The third kappa shape index (κ3) is 28.5. The average molecular weight is 1940 g/mol. The Balaban J connectivity index is 0.783. The fourth-order valence-corrected chi connectivity index (χ4v) is 21.1. The summed E-state index contributed by atoms with van der Waals surface area (Å²) in [4.78, 5) is 155. The molecule has 0 aliphatic carbocycles. The van der Waals surface area contributed by atoms with E-state index in [1.54, 1.807) is 18.2 Å². The highest BCUT2D eigenvalue weighted by Gasteiger charge is 2.49. The van der Waals surface area contributed by atoms with Crippen molar-refractivity contribution in [1.29, 1.82) is 0 Å². The Morgan fingerprint density at radius 3 is 2.14 bits per heavy atom. The Hall–Kier alpha value is -7.58. The molecule has 0 saturated carbocycles. The number of hydrogen-bond donors (Lipinski definition) is 17. The summed E-state index contributed by atoms with van der Waals surface area (Å²) in [5.74, 6) is 8.93. The highest BCUT2D eigenvalue weighted by Crippen LogP contribution is 2.66. The van der Waals surface area contributed by atoms with Gasteiger partial charge in [-0.2, -0.15) is 26.6 Å². The van der Waals surface area contributed by atoms with Crippen molar-refractivity contribution in [2.24, 2.45) is 0 Å². The molecule has 3 amide bonds. The molecule has 2 fully saturated rings. The number of aromatic nitrogens is 5. The van der Waals surface area contributed by atoms with Crippen LogP contribution in [0.25, 0.3) is 11.0 Å². The van der Waals surface area contributed by atoms with E-state index < -0.39 is 170 Å². The predicted octanol–water partition coefficient (Wildman–Crippen LogP) is 4.65. The lowest BCUT2D eigenvalue weighted by Crippen LogP contribution is -2.48. The third-order valence-corrected chi connectivity index (χ3v) is 28.7. The molecule has 0 radical (unpaired) electrons. The molecule has 0 spiro atoms. The summed E-state index contributed by atoms with van der Waals surface area (Å²) in [7, 11) is -29.5. The first-order chi connectivity index (χ1) is 59.0. The van der Waals surface area contributed by atoms with Crippen molar-refractivity contribution in [3.05, 3.63) is 124 Å². The van der Waals surface area contributed by atoms with Crippen molar-refractivity contribution in [3.8, 4) is 23.7 Å². The topological polar surface area (TPSA) is 681 Å². The van der Waals surface area contributed by atoms with Crippen LogP contribution in [-0.2, 0) is 110 Å². The van der Waals surface area contributed by atoms with E-state index in [9.17, 15) is 108 Å². The number of aliphatic hydroxyl groups is 2. The van der Waals surface area contributed by atoms with Gasteiger partial charge in [0, 0.05) is 104 Å². The number of allylic oxidation sites excluding steroid dienone is 6. The number of aliphatic hydroxyl groups excluding tert-OH is 2. The number of rotatable bonds is 43. The number of benzene rings is 2. The Morgan fingerprint density at radius 1 is 0.754 bits per heavy atom. The maximum absolute atomic E-state index is 13.9. The monoisotopic (exact) mass is 1940 g/mol. The van der Waals surface area contributed by atoms with Gasteiger partial charge in [-0.1, -0.05) is 83.8 Å². The van der Waals surface area contributed by atoms with Gasteiger partial charge in [0.15, 0.2) is 29.6 Å². The first-order valence-electron chi connectivity index (χ1n) is 38.4. The van der Waals surface area contributed by atoms with Crippen LogP contribution in [0.1, 0.15) is 140 Å². The highest BCUT2D eigenvalue weighted by atomic mass is 33.1. The first kappa shape index (κ1) is 102. The number of ether oxygens (including phenoxy) is 3. The molecule has 2 aromatic carbocycles. The SMILES string of the molecule is CCN1C(=CC=CC=CC2=[N+](CCCCCC(=O)NC(CSSCCCC(=O)OCC#Cc3cn(C4OC(COP(=O)(O)OP(=O)(O)OP(=O)(O)O)C(O)C4O)c4ncnc(N)c34)C(=O)NCCCCCC(=O)NCC#Cc3cn(C4CC(OP(=O)(O)O)C(COP(=O)(O)O)O4)c(=O)nc3N)c3ccc(S(=O)(=O)O)cc3C2(C)C)C(C)(C)c2cc(S(=O)O)ccc21. The minimum absolute atomic E-state index is 0.00634. The number of likely N-dealkylation sites (N-methyl/N-ethyl adjacent to an activating group) is 1. The van der Waals surface area contributed by atoms with Crippen LogP contribution in [0.2, 0.25) is 0 Å². The van der Waals surface area contributed by atoms with Crippen LogP contribution in [0.5, 0.6) is 0 Å². The van der Waals surface area contributed by atoms with Crippen LogP contribution in [-0.4, -0.2) is 223 Å². The number of nitrogens with two attached hydrogens (primary N) is 2. The van der Waals surface area contributed by atoms with Crippen LogP contribution < -0.4 is 38.0 Å². The number of fused-ring (bicyclic) bond motifs is 3. The highest BCUT2D eigenvalue weighted by molar-refractivity contribution is 8.76. The standard InChI is InChI=1S/C72H95N12O33P5S4/c1-6-81-51-28-26-46(125(105)106)35-48(51)71(2,3)56(81)21-10-7-11-22-57-72(4,5)49-36-47(126(107,108)109)27-29-52(49)82(57)32-15-9-13-24-59(86)79-50(68(90)76-30-14-8-12-23-58(85)75-31-16-19-45-39-83(70(91)80-65(45)73)60-37-53(115-119(95,96)97)54(113-60)40-111-118(92,93)94)42-124-123-34-18-25-61(87)110-33-17-20-44-38-84(67-62(44)66(74)77-43-78-67)69-64(89)63(88)55(114-69)41-112-121(101,102)117-122(103,104)116-120(98,99)100/h7,10-11,21-22,26-29,35-36,38-39,43,50,53-55,60,63-64,69,88-89H,6,8-9,12-15,18,23-25,30-34,37,40-42H2,1-5H3,(H16-,73,74,75,76,77,78,79,80,85,86,90,91,92,93,94,95,96,97,98,99,100,101,102,103,104,105,106,107,108,109)/p+1. The molecule has 690 valence electrons. The number of amides is 3. The Bertz CT molecular complexity index is 5620. The van der Waals surface area contributed by atoms with Gasteiger partial charge in [0.25, 0.3) is 10.1 Å². The molecule has 19 N–H and O–H groups in total. The van der Waals surface area contributed by atoms with Crippen molar-refractivity contribution in [2.75, 3.05) is 73.9 Å². The summed E-state index contributed by atoms with van der Waals surface area (Å²) >= 11 is -2.16. The van der Waals surface area contributed by atoms with E-state index in [1.165, 1.54) is 44.5 Å². The van der Waals surface area contributed by atoms with E-state index in [0.29, 0.717) is 74.2 Å². The van der Waals surface area contributed by atoms with Crippen LogP contribution in [0, 0.1) is 23.7 Å². The lowest BCUT2D eigenvalue weighted by molar-refractivity contribution is -0.438. The fourth-order valence-electron chi connectivity index (χ4n) is 14.0. The molecule has 4 aliphatic heterocycles. The van der Waals surface area contributed by atoms with E-state index in [4.69, 9.17) is 40.0 Å². The molecular formula is C72H96N12O33P5S4+. The molecule has 7 heterocycles. The second kappa shape index (κ2) is 43.9. The predicted molar refractivity (Wildman–Crippen MR) is 455 cm³/mol. The number of anilines is 3. The van der Waals surface area contributed by atoms with Gasteiger partial charge in [-0.05, 0) is 94.8 Å². The smallest absolute Gasteiger partial charge is 0.452 e. The van der Waals surface area contributed by atoms with Crippen molar-refractivity contribution in [2.45, 2.75) is 175 Å². The van der Waals surface area contributed by atoms with Gasteiger partial charge < -0.3 is 105 Å². The molecule has 45 nitrogen and oxygen atoms in total. The van der Waals surface area contributed by atoms with Crippen LogP contribution >= 0.6 is 60.7 Å². The quantitative estimate of drug-likeness (QED) is 0.00290. The molecule has 9 rings (SSSR count). The van der Waals surface area contributed by atoms with Crippen LogP contribution in [0.4, 0.5) is 23.0 Å². The molecular weight excluding hydrogens is 1840 g/mol. The minimum Gasteiger partial charge on any atom is -0.452 e. The number of nitrogens with one attached hydrogen (secondary N) is 3. The van der Waals surface area contributed by atoms with Crippen molar-refractivity contribution in [1.82, 2.24) is 40.0 Å². The zero-order valence-electron chi connectivity index (χ0n) is 67.9. The van der Waals surface area contributed by atoms with Crippen molar-refractivity contribution < 1.29 is 154 Å². The second-order valence-electron chi connectivity index (χ2n) is 29.5. The first-order valence-corrected chi connectivity index (χ1v) is 51.1. The van der Waals surface area contributed by atoms with Gasteiger partial charge in [0.1, 0.15) is 72.9 Å². The van der Waals surface area contributed by atoms with Crippen molar-refractivity contribution >= 4 is 145 Å². The Labute approximate surface area is 731 Å².